The topological polar surface area (TPSA) is 29.5 Å². The Morgan fingerprint density at radius 1 is 1.35 bits per heavy atom. The van der Waals surface area contributed by atoms with Crippen LogP contribution >= 0.6 is 0 Å². The first kappa shape index (κ1) is 17.3. The van der Waals surface area contributed by atoms with Crippen LogP contribution in [0.2, 0.25) is 0 Å². The lowest BCUT2D eigenvalue weighted by Gasteiger charge is -2.24. The molecule has 6 heteroatoms. The van der Waals surface area contributed by atoms with E-state index < -0.39 is 17.3 Å². The van der Waals surface area contributed by atoms with Crippen LogP contribution in [0.4, 0.5) is 13.2 Å². The van der Waals surface area contributed by atoms with Crippen LogP contribution in [0.25, 0.3) is 6.08 Å². The summed E-state index contributed by atoms with van der Waals surface area (Å²) in [6.07, 6.45) is 1.05. The van der Waals surface area contributed by atoms with Gasteiger partial charge in [0, 0.05) is 13.7 Å². The maximum atomic E-state index is 12.5. The molecule has 0 aliphatic carbocycles. The summed E-state index contributed by atoms with van der Waals surface area (Å²) in [6, 6.07) is 4.90. The summed E-state index contributed by atoms with van der Waals surface area (Å²) in [6.45, 7) is 4.40. The lowest BCUT2D eigenvalue weighted by molar-refractivity contribution is -0.137. The molecule has 2 rings (SSSR count). The van der Waals surface area contributed by atoms with E-state index >= 15 is 0 Å². The molecule has 124 valence electrons. The second-order valence-electron chi connectivity index (χ2n) is 5.44. The van der Waals surface area contributed by atoms with Gasteiger partial charge in [-0.15, -0.1) is 0 Å². The Morgan fingerprint density at radius 2 is 2.00 bits per heavy atom. The number of carbonyl (C=O) groups is 1. The van der Waals surface area contributed by atoms with Crippen molar-refractivity contribution in [1.82, 2.24) is 4.90 Å². The molecule has 3 nitrogen and oxygen atoms in total. The fourth-order valence-electron chi connectivity index (χ4n) is 2.52. The summed E-state index contributed by atoms with van der Waals surface area (Å²) >= 11 is 0. The highest BCUT2D eigenvalue weighted by Gasteiger charge is 2.37. The summed E-state index contributed by atoms with van der Waals surface area (Å²) in [5.74, 6) is -0.160. The second-order valence-corrected chi connectivity index (χ2v) is 5.44. The number of hydrogen-bond acceptors (Lipinski definition) is 2. The first-order chi connectivity index (χ1) is 10.8. The summed E-state index contributed by atoms with van der Waals surface area (Å²) in [5.41, 5.74) is -0.663. The van der Waals surface area contributed by atoms with Crippen LogP contribution in [-0.4, -0.2) is 36.6 Å². The van der Waals surface area contributed by atoms with Crippen molar-refractivity contribution in [3.8, 4) is 0 Å². The lowest BCUT2D eigenvalue weighted by atomic mass is 10.0. The number of methoxy groups -OCH3 is 1. The number of likely N-dealkylation sites (tertiary alicyclic amines) is 1. The van der Waals surface area contributed by atoms with Crippen molar-refractivity contribution in [3.63, 3.8) is 0 Å². The van der Waals surface area contributed by atoms with Gasteiger partial charge in [-0.3, -0.25) is 4.79 Å². The molecule has 23 heavy (non-hydrogen) atoms. The Hall–Kier alpha value is -2.08. The molecule has 1 amide bonds. The third-order valence-electron chi connectivity index (χ3n) is 3.97. The van der Waals surface area contributed by atoms with Gasteiger partial charge in [0.1, 0.15) is 5.60 Å². The molecule has 1 aliphatic heterocycles. The third-order valence-corrected chi connectivity index (χ3v) is 3.97. The molecule has 0 aromatic heterocycles. The van der Waals surface area contributed by atoms with Gasteiger partial charge < -0.3 is 9.64 Å². The van der Waals surface area contributed by atoms with Gasteiger partial charge in [0.15, 0.2) is 0 Å². The van der Waals surface area contributed by atoms with Crippen LogP contribution in [0.5, 0.6) is 0 Å². The molecule has 0 saturated carbocycles. The molecular weight excluding hydrogens is 307 g/mol. The molecule has 0 spiro atoms. The molecule has 0 radical (unpaired) electrons. The van der Waals surface area contributed by atoms with Crippen molar-refractivity contribution in [1.29, 1.82) is 0 Å². The molecular formula is C17H18F3NO2. The van der Waals surface area contributed by atoms with Crippen LogP contribution in [-0.2, 0) is 15.7 Å². The number of halogens is 3. The highest BCUT2D eigenvalue weighted by atomic mass is 19.4. The van der Waals surface area contributed by atoms with Gasteiger partial charge in [-0.1, -0.05) is 30.9 Å². The van der Waals surface area contributed by atoms with E-state index in [1.165, 1.54) is 18.2 Å². The minimum Gasteiger partial charge on any atom is -0.372 e. The Kier molecular flexibility index (Phi) is 4.94. The quantitative estimate of drug-likeness (QED) is 0.793. The number of alkyl halides is 3. The Bertz CT molecular complexity index is 607. The fourth-order valence-corrected chi connectivity index (χ4v) is 2.52. The summed E-state index contributed by atoms with van der Waals surface area (Å²) < 4.78 is 43.1. The van der Waals surface area contributed by atoms with Crippen LogP contribution < -0.4 is 0 Å². The molecule has 1 aliphatic rings. The normalized spacial score (nSPS) is 21.8. The monoisotopic (exact) mass is 325 g/mol. The summed E-state index contributed by atoms with van der Waals surface area (Å²) in [5, 5.41) is 0. The number of nitrogens with zero attached hydrogens (tertiary/aromatic N) is 1. The second kappa shape index (κ2) is 6.58. The smallest absolute Gasteiger partial charge is 0.372 e. The van der Waals surface area contributed by atoms with E-state index in [4.69, 9.17) is 4.74 Å². The molecule has 1 unspecified atom stereocenters. The predicted molar refractivity (Wildman–Crippen MR) is 81.6 cm³/mol. The predicted octanol–water partition coefficient (Wildman–Crippen LogP) is 3.52. The molecule has 1 heterocycles. The average molecular weight is 325 g/mol. The van der Waals surface area contributed by atoms with E-state index in [0.717, 1.165) is 12.1 Å². The zero-order chi connectivity index (χ0) is 17.1. The summed E-state index contributed by atoms with van der Waals surface area (Å²) in [4.78, 5) is 13.3. The largest absolute Gasteiger partial charge is 0.416 e. The molecule has 0 bridgehead atoms. The van der Waals surface area contributed by atoms with Crippen molar-refractivity contribution in [3.05, 3.63) is 54.1 Å². The Balaban J connectivity index is 2.11. The van der Waals surface area contributed by atoms with E-state index in [1.807, 2.05) is 0 Å². The van der Waals surface area contributed by atoms with E-state index in [1.54, 1.807) is 24.2 Å². The number of rotatable bonds is 4. The van der Waals surface area contributed by atoms with Crippen LogP contribution in [0, 0.1) is 0 Å². The van der Waals surface area contributed by atoms with Crippen molar-refractivity contribution in [2.24, 2.45) is 0 Å². The van der Waals surface area contributed by atoms with E-state index in [2.05, 4.69) is 6.58 Å². The number of hydrogen-bond donors (Lipinski definition) is 0. The first-order valence-corrected chi connectivity index (χ1v) is 7.13. The van der Waals surface area contributed by atoms with Gasteiger partial charge in [0.2, 0.25) is 5.91 Å². The molecule has 1 fully saturated rings. The maximum absolute atomic E-state index is 12.5. The molecule has 0 N–H and O–H groups in total. The summed E-state index contributed by atoms with van der Waals surface area (Å²) in [7, 11) is 1.55. The van der Waals surface area contributed by atoms with Crippen LogP contribution in [0.1, 0.15) is 17.5 Å². The lowest BCUT2D eigenvalue weighted by Crippen LogP contribution is -2.35. The van der Waals surface area contributed by atoms with E-state index in [9.17, 15) is 18.0 Å². The van der Waals surface area contributed by atoms with Gasteiger partial charge in [-0.05, 0) is 30.2 Å². The van der Waals surface area contributed by atoms with E-state index in [0.29, 0.717) is 25.1 Å². The first-order valence-electron chi connectivity index (χ1n) is 7.13. The number of benzene rings is 1. The minimum atomic E-state index is -4.34. The molecule has 1 aromatic carbocycles. The molecule has 1 saturated heterocycles. The number of ether oxygens (including phenoxy) is 1. The third kappa shape index (κ3) is 4.01. The van der Waals surface area contributed by atoms with Crippen molar-refractivity contribution < 1.29 is 22.7 Å². The molecule has 1 atom stereocenters. The SMILES string of the molecule is C=CC(=O)N1CCC(/C=C/c2ccc(C(F)(F)F)cc2)(OC)C1. The van der Waals surface area contributed by atoms with Crippen LogP contribution in [0.15, 0.2) is 43.0 Å². The number of amides is 1. The van der Waals surface area contributed by atoms with Crippen LogP contribution in [0.3, 0.4) is 0 Å². The molecule has 1 aromatic rings. The van der Waals surface area contributed by atoms with E-state index in [-0.39, 0.29) is 5.91 Å². The highest BCUT2D eigenvalue weighted by Crippen LogP contribution is 2.30. The Labute approximate surface area is 133 Å². The standard InChI is InChI=1S/C17H18F3NO2/c1-3-15(22)21-11-10-16(12-21,23-2)9-8-13-4-6-14(7-5-13)17(18,19)20/h3-9H,1,10-12H2,2H3/b9-8+. The van der Waals surface area contributed by atoms with Gasteiger partial charge in [0.25, 0.3) is 0 Å². The Morgan fingerprint density at radius 3 is 2.52 bits per heavy atom. The van der Waals surface area contributed by atoms with Crippen molar-refractivity contribution in [2.45, 2.75) is 18.2 Å². The average Bonchev–Trinajstić information content (AvgIpc) is 2.97. The zero-order valence-corrected chi connectivity index (χ0v) is 12.8. The zero-order valence-electron chi connectivity index (χ0n) is 12.8. The van der Waals surface area contributed by atoms with Gasteiger partial charge >= 0.3 is 6.18 Å². The minimum absolute atomic E-state index is 0.160. The fraction of sp³-hybridized carbons (Fsp3) is 0.353. The van der Waals surface area contributed by atoms with Gasteiger partial charge in [-0.25, -0.2) is 0 Å². The van der Waals surface area contributed by atoms with Crippen molar-refractivity contribution >= 4 is 12.0 Å². The number of carbonyl (C=O) groups excluding carboxylic acids is 1. The highest BCUT2D eigenvalue weighted by molar-refractivity contribution is 5.87. The maximum Gasteiger partial charge on any atom is 0.416 e. The van der Waals surface area contributed by atoms with Gasteiger partial charge in [-0.2, -0.15) is 13.2 Å². The van der Waals surface area contributed by atoms with Crippen molar-refractivity contribution in [2.75, 3.05) is 20.2 Å². The van der Waals surface area contributed by atoms with Gasteiger partial charge in [0.05, 0.1) is 12.1 Å².